The van der Waals surface area contributed by atoms with Crippen LogP contribution in [0.15, 0.2) is 47.2 Å². The summed E-state index contributed by atoms with van der Waals surface area (Å²) in [5.74, 6) is -0.345. The number of carbonyl (C=O) groups excluding carboxylic acids is 3. The van der Waals surface area contributed by atoms with E-state index in [9.17, 15) is 14.4 Å². The van der Waals surface area contributed by atoms with Crippen molar-refractivity contribution in [3.8, 4) is 0 Å². The maximum Gasteiger partial charge on any atom is 0.255 e. The van der Waals surface area contributed by atoms with Crippen LogP contribution in [0.1, 0.15) is 72.2 Å². The van der Waals surface area contributed by atoms with E-state index in [1.54, 1.807) is 24.4 Å². The summed E-state index contributed by atoms with van der Waals surface area (Å²) < 4.78 is 0. The van der Waals surface area contributed by atoms with Gasteiger partial charge in [0.1, 0.15) is 0 Å². The van der Waals surface area contributed by atoms with Crippen LogP contribution in [0.5, 0.6) is 0 Å². The summed E-state index contributed by atoms with van der Waals surface area (Å²) in [6.45, 7) is 7.10. The Morgan fingerprint density at radius 2 is 1.75 bits per heavy atom. The van der Waals surface area contributed by atoms with Crippen LogP contribution >= 0.6 is 0 Å². The number of likely N-dealkylation sites (tertiary alicyclic amines) is 1. The molecule has 1 N–H and O–H groups in total. The van der Waals surface area contributed by atoms with Crippen molar-refractivity contribution in [3.05, 3.63) is 58.9 Å². The van der Waals surface area contributed by atoms with Gasteiger partial charge in [0.15, 0.2) is 0 Å². The SMILES string of the molecule is CCCN(CCC)C(=O)C1=Cc2ccc(C(=O)Nc3cncc(C(=O)N4CCCC4)c3)cc2N=CC1. The van der Waals surface area contributed by atoms with Gasteiger partial charge in [-0.1, -0.05) is 19.9 Å². The van der Waals surface area contributed by atoms with Gasteiger partial charge in [-0.2, -0.15) is 0 Å². The predicted molar refractivity (Wildman–Crippen MR) is 142 cm³/mol. The summed E-state index contributed by atoms with van der Waals surface area (Å²) >= 11 is 0. The van der Waals surface area contributed by atoms with Gasteiger partial charge in [-0.25, -0.2) is 0 Å². The number of carbonyl (C=O) groups is 3. The standard InChI is InChI=1S/C28H33N5O3/c1-3-11-32(12-4-2)27(35)22-9-10-30-25-17-21(8-7-20(25)15-22)26(34)31-24-16-23(18-29-19-24)28(36)33-13-5-6-14-33/h7-8,10,15-19H,3-6,9,11-14H2,1-2H3,(H,31,34). The molecule has 8 heteroatoms. The molecular weight excluding hydrogens is 454 g/mol. The molecule has 188 valence electrons. The van der Waals surface area contributed by atoms with Gasteiger partial charge in [0, 0.05) is 61.7 Å². The maximum atomic E-state index is 13.1. The topological polar surface area (TPSA) is 95.0 Å². The molecule has 0 saturated carbocycles. The van der Waals surface area contributed by atoms with Gasteiger partial charge in [0.2, 0.25) is 5.91 Å². The molecule has 0 atom stereocenters. The highest BCUT2D eigenvalue weighted by atomic mass is 16.2. The Morgan fingerprint density at radius 3 is 2.47 bits per heavy atom. The maximum absolute atomic E-state index is 13.1. The first-order valence-electron chi connectivity index (χ1n) is 12.7. The van der Waals surface area contributed by atoms with Gasteiger partial charge in [-0.05, 0) is 50.0 Å². The lowest BCUT2D eigenvalue weighted by Crippen LogP contribution is -2.33. The zero-order valence-corrected chi connectivity index (χ0v) is 21.0. The molecule has 0 unspecified atom stereocenters. The van der Waals surface area contributed by atoms with Crippen LogP contribution in [-0.2, 0) is 4.79 Å². The fraction of sp³-hybridized carbons (Fsp3) is 0.393. The molecule has 3 heterocycles. The lowest BCUT2D eigenvalue weighted by molar-refractivity contribution is -0.127. The average molecular weight is 488 g/mol. The molecule has 36 heavy (non-hydrogen) atoms. The van der Waals surface area contributed by atoms with Gasteiger partial charge < -0.3 is 15.1 Å². The Hall–Kier alpha value is -3.81. The molecule has 0 radical (unpaired) electrons. The Morgan fingerprint density at radius 1 is 1.00 bits per heavy atom. The second-order valence-electron chi connectivity index (χ2n) is 9.17. The Kier molecular flexibility index (Phi) is 8.25. The number of hydrogen-bond donors (Lipinski definition) is 1. The van der Waals surface area contributed by atoms with Crippen LogP contribution in [-0.4, -0.2) is 64.9 Å². The van der Waals surface area contributed by atoms with Crippen molar-refractivity contribution in [1.29, 1.82) is 0 Å². The van der Waals surface area contributed by atoms with Crippen molar-refractivity contribution in [3.63, 3.8) is 0 Å². The van der Waals surface area contributed by atoms with Gasteiger partial charge in [0.05, 0.1) is 23.1 Å². The minimum absolute atomic E-state index is 0.0377. The molecule has 2 aromatic rings. The zero-order chi connectivity index (χ0) is 25.5. The number of nitrogens with one attached hydrogen (secondary N) is 1. The lowest BCUT2D eigenvalue weighted by Gasteiger charge is -2.22. The van der Waals surface area contributed by atoms with Gasteiger partial charge in [-0.3, -0.25) is 24.4 Å². The molecule has 4 rings (SSSR count). The Bertz CT molecular complexity index is 1190. The van der Waals surface area contributed by atoms with E-state index in [0.29, 0.717) is 34.5 Å². The quantitative estimate of drug-likeness (QED) is 0.583. The number of aromatic nitrogens is 1. The van der Waals surface area contributed by atoms with Crippen LogP contribution in [0.4, 0.5) is 11.4 Å². The van der Waals surface area contributed by atoms with Gasteiger partial charge in [0.25, 0.3) is 11.8 Å². The molecular formula is C28H33N5O3. The summed E-state index contributed by atoms with van der Waals surface area (Å²) in [5, 5.41) is 2.84. The van der Waals surface area contributed by atoms with Gasteiger partial charge >= 0.3 is 0 Å². The van der Waals surface area contributed by atoms with E-state index in [-0.39, 0.29) is 17.7 Å². The first-order valence-corrected chi connectivity index (χ1v) is 12.7. The number of nitrogens with zero attached hydrogens (tertiary/aromatic N) is 4. The van der Waals surface area contributed by atoms with Gasteiger partial charge in [-0.15, -0.1) is 0 Å². The summed E-state index contributed by atoms with van der Waals surface area (Å²) in [5.41, 5.74) is 3.49. The van der Waals surface area contributed by atoms with Crippen molar-refractivity contribution in [1.82, 2.24) is 14.8 Å². The number of anilines is 1. The fourth-order valence-electron chi connectivity index (χ4n) is 4.55. The zero-order valence-electron chi connectivity index (χ0n) is 21.0. The monoisotopic (exact) mass is 487 g/mol. The second kappa shape index (κ2) is 11.7. The van der Waals surface area contributed by atoms with Crippen LogP contribution < -0.4 is 5.32 Å². The molecule has 3 amide bonds. The van der Waals surface area contributed by atoms with Crippen molar-refractivity contribution in [2.75, 3.05) is 31.5 Å². The number of amides is 3. The number of aliphatic imine (C=N–C) groups is 1. The first kappa shape index (κ1) is 25.3. The largest absolute Gasteiger partial charge is 0.339 e. The third kappa shape index (κ3) is 5.87. The molecule has 1 fully saturated rings. The van der Waals surface area contributed by atoms with E-state index < -0.39 is 0 Å². The highest BCUT2D eigenvalue weighted by molar-refractivity contribution is 6.07. The molecule has 1 saturated heterocycles. The number of hydrogen-bond acceptors (Lipinski definition) is 5. The van der Waals surface area contributed by atoms with E-state index in [1.807, 2.05) is 21.9 Å². The summed E-state index contributed by atoms with van der Waals surface area (Å²) in [6, 6.07) is 6.91. The Balaban J connectivity index is 1.49. The minimum atomic E-state index is -0.317. The van der Waals surface area contributed by atoms with Crippen molar-refractivity contribution in [2.45, 2.75) is 46.0 Å². The molecule has 1 aromatic heterocycles. The van der Waals surface area contributed by atoms with Crippen molar-refractivity contribution in [2.24, 2.45) is 4.99 Å². The third-order valence-electron chi connectivity index (χ3n) is 6.35. The van der Waals surface area contributed by atoms with Crippen LogP contribution in [0.25, 0.3) is 6.08 Å². The minimum Gasteiger partial charge on any atom is -0.339 e. The Labute approximate surface area is 212 Å². The number of rotatable bonds is 8. The fourth-order valence-corrected chi connectivity index (χ4v) is 4.55. The van der Waals surface area contributed by atoms with E-state index in [4.69, 9.17) is 0 Å². The lowest BCUT2D eigenvalue weighted by atomic mass is 10.0. The van der Waals surface area contributed by atoms with E-state index in [0.717, 1.165) is 57.4 Å². The summed E-state index contributed by atoms with van der Waals surface area (Å²) in [6.07, 6.45) is 10.9. The molecule has 1 aromatic carbocycles. The third-order valence-corrected chi connectivity index (χ3v) is 6.35. The average Bonchev–Trinajstić information content (AvgIpc) is 3.34. The van der Waals surface area contributed by atoms with E-state index in [2.05, 4.69) is 29.1 Å². The normalized spacial score (nSPS) is 14.6. The first-order chi connectivity index (χ1) is 17.5. The molecule has 0 bridgehead atoms. The van der Waals surface area contributed by atoms with E-state index in [1.165, 1.54) is 12.4 Å². The molecule has 0 aliphatic carbocycles. The molecule has 0 spiro atoms. The van der Waals surface area contributed by atoms with Crippen LogP contribution in [0.2, 0.25) is 0 Å². The molecule has 2 aliphatic rings. The van der Waals surface area contributed by atoms with Crippen LogP contribution in [0, 0.1) is 0 Å². The predicted octanol–water partition coefficient (Wildman–Crippen LogP) is 4.71. The summed E-state index contributed by atoms with van der Waals surface area (Å²) in [4.78, 5) is 51.1. The number of fused-ring (bicyclic) bond motifs is 1. The smallest absolute Gasteiger partial charge is 0.255 e. The number of benzene rings is 1. The molecule has 2 aliphatic heterocycles. The molecule has 8 nitrogen and oxygen atoms in total. The van der Waals surface area contributed by atoms with Crippen LogP contribution in [0.3, 0.4) is 0 Å². The summed E-state index contributed by atoms with van der Waals surface area (Å²) in [7, 11) is 0. The highest BCUT2D eigenvalue weighted by Crippen LogP contribution is 2.28. The van der Waals surface area contributed by atoms with Crippen molar-refractivity contribution < 1.29 is 14.4 Å². The second-order valence-corrected chi connectivity index (χ2v) is 9.17. The number of pyridine rings is 1. The van der Waals surface area contributed by atoms with Crippen molar-refractivity contribution >= 4 is 41.4 Å². The van der Waals surface area contributed by atoms with E-state index >= 15 is 0 Å². The highest BCUT2D eigenvalue weighted by Gasteiger charge is 2.21.